The van der Waals surface area contributed by atoms with Crippen LogP contribution in [0.2, 0.25) is 0 Å². The molecule has 0 atom stereocenters. The Morgan fingerprint density at radius 3 is 2.35 bits per heavy atom. The summed E-state index contributed by atoms with van der Waals surface area (Å²) in [4.78, 5) is 29.0. The number of carbonyl (C=O) groups excluding carboxylic acids is 2. The van der Waals surface area contributed by atoms with E-state index in [2.05, 4.69) is 0 Å². The summed E-state index contributed by atoms with van der Waals surface area (Å²) in [5.41, 5.74) is 3.33. The van der Waals surface area contributed by atoms with Gasteiger partial charge in [0.25, 0.3) is 0 Å². The zero-order valence-electron chi connectivity index (χ0n) is 19.0. The van der Waals surface area contributed by atoms with Crippen LogP contribution in [0, 0.1) is 0 Å². The van der Waals surface area contributed by atoms with Gasteiger partial charge in [0.1, 0.15) is 5.75 Å². The minimum atomic E-state index is -0.0354. The SMILES string of the molecule is O=C(c1ccc(CCC(=O)N2CCCCC2)cc1)c1c(-c2ccccc2)sc2cc(O)ccc12. The Bertz CT molecular complexity index is 1320. The van der Waals surface area contributed by atoms with Crippen molar-refractivity contribution < 1.29 is 14.7 Å². The Balaban J connectivity index is 1.39. The number of phenolic OH excluding ortho intramolecular Hbond substituents is 1. The van der Waals surface area contributed by atoms with E-state index in [4.69, 9.17) is 0 Å². The normalized spacial score (nSPS) is 13.8. The summed E-state index contributed by atoms with van der Waals surface area (Å²) in [6, 6.07) is 22.7. The highest BCUT2D eigenvalue weighted by molar-refractivity contribution is 7.22. The number of aromatic hydroxyl groups is 1. The largest absolute Gasteiger partial charge is 0.508 e. The Morgan fingerprint density at radius 1 is 0.882 bits per heavy atom. The van der Waals surface area contributed by atoms with Crippen molar-refractivity contribution in [3.63, 3.8) is 0 Å². The molecule has 5 rings (SSSR count). The van der Waals surface area contributed by atoms with Crippen LogP contribution in [0.3, 0.4) is 0 Å². The van der Waals surface area contributed by atoms with Crippen molar-refractivity contribution in [1.29, 1.82) is 0 Å². The standard InChI is InChI=1S/C29H27NO3S/c31-23-14-15-24-25(19-23)34-29(22-7-3-1-4-8-22)27(24)28(33)21-12-9-20(10-13-21)11-16-26(32)30-17-5-2-6-18-30/h1,3-4,7-10,12-15,19,31H,2,5-6,11,16-18H2. The lowest BCUT2D eigenvalue weighted by Crippen LogP contribution is -2.35. The molecule has 1 N–H and O–H groups in total. The molecule has 3 aromatic carbocycles. The maximum absolute atomic E-state index is 13.7. The monoisotopic (exact) mass is 469 g/mol. The summed E-state index contributed by atoms with van der Waals surface area (Å²) < 4.78 is 0.884. The molecule has 0 unspecified atom stereocenters. The zero-order valence-corrected chi connectivity index (χ0v) is 19.8. The van der Waals surface area contributed by atoms with Crippen LogP contribution < -0.4 is 0 Å². The second-order valence-corrected chi connectivity index (χ2v) is 9.87. The molecule has 172 valence electrons. The topological polar surface area (TPSA) is 57.6 Å². The maximum Gasteiger partial charge on any atom is 0.222 e. The first kappa shape index (κ1) is 22.4. The number of benzene rings is 3. The van der Waals surface area contributed by atoms with Crippen LogP contribution in [0.4, 0.5) is 0 Å². The van der Waals surface area contributed by atoms with Crippen LogP contribution in [0.15, 0.2) is 72.8 Å². The van der Waals surface area contributed by atoms with Gasteiger partial charge in [0.2, 0.25) is 5.91 Å². The van der Waals surface area contributed by atoms with Crippen LogP contribution in [-0.4, -0.2) is 34.8 Å². The summed E-state index contributed by atoms with van der Waals surface area (Å²) in [6.07, 6.45) is 4.60. The quantitative estimate of drug-likeness (QED) is 0.330. The van der Waals surface area contributed by atoms with Crippen molar-refractivity contribution in [1.82, 2.24) is 4.90 Å². The molecule has 0 radical (unpaired) electrons. The average Bonchev–Trinajstić information content (AvgIpc) is 3.26. The van der Waals surface area contributed by atoms with Gasteiger partial charge in [-0.25, -0.2) is 0 Å². The van der Waals surface area contributed by atoms with E-state index in [1.165, 1.54) is 17.8 Å². The van der Waals surface area contributed by atoms with Gasteiger partial charge in [0.15, 0.2) is 5.78 Å². The number of carbonyl (C=O) groups is 2. The second kappa shape index (κ2) is 9.82. The third-order valence-corrected chi connectivity index (χ3v) is 7.69. The number of hydrogen-bond donors (Lipinski definition) is 1. The number of nitrogens with zero attached hydrogens (tertiary/aromatic N) is 1. The summed E-state index contributed by atoms with van der Waals surface area (Å²) in [5, 5.41) is 10.8. The predicted molar refractivity (Wildman–Crippen MR) is 138 cm³/mol. The lowest BCUT2D eigenvalue weighted by atomic mass is 9.96. The maximum atomic E-state index is 13.7. The third-order valence-electron chi connectivity index (χ3n) is 6.49. The van der Waals surface area contributed by atoms with Crippen molar-refractivity contribution >= 4 is 33.1 Å². The summed E-state index contributed by atoms with van der Waals surface area (Å²) in [5.74, 6) is 0.378. The fourth-order valence-electron chi connectivity index (χ4n) is 4.62. The van der Waals surface area contributed by atoms with Crippen LogP contribution in [-0.2, 0) is 11.2 Å². The molecule has 1 saturated heterocycles. The molecule has 0 spiro atoms. The number of fused-ring (bicyclic) bond motifs is 1. The highest BCUT2D eigenvalue weighted by atomic mass is 32.1. The Hall–Kier alpha value is -3.44. The summed E-state index contributed by atoms with van der Waals surface area (Å²) in [6.45, 7) is 1.75. The first-order valence-electron chi connectivity index (χ1n) is 11.8. The summed E-state index contributed by atoms with van der Waals surface area (Å²) >= 11 is 1.52. The van der Waals surface area contributed by atoms with E-state index in [0.717, 1.165) is 52.0 Å². The Labute approximate surface area is 203 Å². The second-order valence-electron chi connectivity index (χ2n) is 8.82. The molecule has 0 bridgehead atoms. The van der Waals surface area contributed by atoms with E-state index >= 15 is 0 Å². The van der Waals surface area contributed by atoms with Crippen LogP contribution >= 0.6 is 11.3 Å². The number of amides is 1. The molecule has 1 aliphatic heterocycles. The molecular weight excluding hydrogens is 442 g/mol. The van der Waals surface area contributed by atoms with Gasteiger partial charge in [-0.15, -0.1) is 11.3 Å². The highest BCUT2D eigenvalue weighted by Crippen LogP contribution is 2.41. The van der Waals surface area contributed by atoms with Crippen LogP contribution in [0.25, 0.3) is 20.5 Å². The van der Waals surface area contributed by atoms with Crippen LogP contribution in [0.5, 0.6) is 5.75 Å². The molecule has 1 amide bonds. The van der Waals surface area contributed by atoms with Crippen LogP contribution in [0.1, 0.15) is 47.2 Å². The predicted octanol–water partition coefficient (Wildman–Crippen LogP) is 6.45. The number of ketones is 1. The minimum absolute atomic E-state index is 0.0354. The molecule has 4 aromatic rings. The number of hydrogen-bond acceptors (Lipinski definition) is 4. The van der Waals surface area contributed by atoms with Gasteiger partial charge in [0.05, 0.1) is 0 Å². The molecule has 34 heavy (non-hydrogen) atoms. The van der Waals surface area contributed by atoms with Crippen molar-refractivity contribution in [2.75, 3.05) is 13.1 Å². The van der Waals surface area contributed by atoms with E-state index < -0.39 is 0 Å². The van der Waals surface area contributed by atoms with Gasteiger partial charge in [-0.2, -0.15) is 0 Å². The Morgan fingerprint density at radius 2 is 1.62 bits per heavy atom. The molecule has 4 nitrogen and oxygen atoms in total. The van der Waals surface area contributed by atoms with E-state index in [9.17, 15) is 14.7 Å². The van der Waals surface area contributed by atoms with Gasteiger partial charge >= 0.3 is 0 Å². The molecule has 2 heterocycles. The Kier molecular flexibility index (Phi) is 6.45. The van der Waals surface area contributed by atoms with Gasteiger partial charge in [-0.3, -0.25) is 9.59 Å². The molecule has 5 heteroatoms. The van der Waals surface area contributed by atoms with Crippen molar-refractivity contribution in [3.05, 3.63) is 89.5 Å². The number of aryl methyl sites for hydroxylation is 1. The van der Waals surface area contributed by atoms with Crippen molar-refractivity contribution in [2.45, 2.75) is 32.1 Å². The first-order valence-corrected chi connectivity index (χ1v) is 12.6. The molecular formula is C29H27NO3S. The molecule has 0 saturated carbocycles. The smallest absolute Gasteiger partial charge is 0.222 e. The fourth-order valence-corrected chi connectivity index (χ4v) is 5.86. The molecule has 1 fully saturated rings. The van der Waals surface area contributed by atoms with E-state index in [1.807, 2.05) is 65.6 Å². The van der Waals surface area contributed by atoms with E-state index in [0.29, 0.717) is 24.0 Å². The van der Waals surface area contributed by atoms with Gasteiger partial charge in [0, 0.05) is 45.6 Å². The number of phenols is 1. The zero-order chi connectivity index (χ0) is 23.5. The average molecular weight is 470 g/mol. The molecule has 0 aliphatic carbocycles. The van der Waals surface area contributed by atoms with Crippen molar-refractivity contribution in [3.8, 4) is 16.2 Å². The minimum Gasteiger partial charge on any atom is -0.508 e. The molecule has 1 aromatic heterocycles. The lowest BCUT2D eigenvalue weighted by molar-refractivity contribution is -0.132. The number of piperidine rings is 1. The van der Waals surface area contributed by atoms with Gasteiger partial charge in [-0.1, -0.05) is 54.6 Å². The number of thiophene rings is 1. The van der Waals surface area contributed by atoms with E-state index in [1.54, 1.807) is 12.1 Å². The van der Waals surface area contributed by atoms with Crippen molar-refractivity contribution in [2.24, 2.45) is 0 Å². The van der Waals surface area contributed by atoms with Gasteiger partial charge in [-0.05, 0) is 55.0 Å². The van der Waals surface area contributed by atoms with E-state index in [-0.39, 0.29) is 17.4 Å². The lowest BCUT2D eigenvalue weighted by Gasteiger charge is -2.26. The summed E-state index contributed by atoms with van der Waals surface area (Å²) in [7, 11) is 0. The number of rotatable bonds is 6. The molecule has 1 aliphatic rings. The fraction of sp³-hybridized carbons (Fsp3) is 0.241. The third kappa shape index (κ3) is 4.62. The number of likely N-dealkylation sites (tertiary alicyclic amines) is 1. The highest BCUT2D eigenvalue weighted by Gasteiger charge is 2.22. The van der Waals surface area contributed by atoms with Gasteiger partial charge < -0.3 is 10.0 Å². The first-order chi connectivity index (χ1) is 16.6.